The van der Waals surface area contributed by atoms with Gasteiger partial charge >= 0.3 is 0 Å². The van der Waals surface area contributed by atoms with Crippen LogP contribution in [-0.4, -0.2) is 32.4 Å². The van der Waals surface area contributed by atoms with Crippen LogP contribution in [0, 0.1) is 0 Å². The standard InChI is InChI=1S/C32H31N3O4/c1-2-9-30(38)35-26-16-22(20-10-5-3-6-11-20)17-27(36)31(26)24(33-35)14-15-25-32-28(37)18-23(19-29(32)39-34-25)21-12-7-4-8-13-21/h3-8,10-13,22-23H,2,9,14-19H2,1H3. The number of benzene rings is 2. The normalized spacial score (nSPS) is 18.6. The van der Waals surface area contributed by atoms with Crippen molar-refractivity contribution in [1.29, 1.82) is 0 Å². The van der Waals surface area contributed by atoms with Crippen molar-refractivity contribution in [2.24, 2.45) is 0 Å². The van der Waals surface area contributed by atoms with Gasteiger partial charge in [-0.1, -0.05) is 72.7 Å². The van der Waals surface area contributed by atoms with E-state index in [1.807, 2.05) is 67.6 Å². The van der Waals surface area contributed by atoms with E-state index in [1.165, 1.54) is 4.68 Å². The molecule has 0 N–H and O–H groups in total. The Bertz CT molecular complexity index is 1530. The topological polar surface area (TPSA) is 95.1 Å². The van der Waals surface area contributed by atoms with Crippen molar-refractivity contribution in [3.05, 3.63) is 106 Å². The molecule has 7 heteroatoms. The van der Waals surface area contributed by atoms with E-state index in [9.17, 15) is 14.4 Å². The van der Waals surface area contributed by atoms with Crippen LogP contribution in [0.3, 0.4) is 0 Å². The van der Waals surface area contributed by atoms with Crippen molar-refractivity contribution >= 4 is 17.5 Å². The summed E-state index contributed by atoms with van der Waals surface area (Å²) < 4.78 is 7.12. The highest BCUT2D eigenvalue weighted by atomic mass is 16.5. The van der Waals surface area contributed by atoms with Crippen molar-refractivity contribution in [2.45, 2.75) is 70.1 Å². The number of aromatic nitrogens is 3. The van der Waals surface area contributed by atoms with Gasteiger partial charge in [0.25, 0.3) is 0 Å². The lowest BCUT2D eigenvalue weighted by atomic mass is 9.80. The summed E-state index contributed by atoms with van der Waals surface area (Å²) in [6.07, 6.45) is 3.92. The number of fused-ring (bicyclic) bond motifs is 2. The number of ketones is 2. The highest BCUT2D eigenvalue weighted by Gasteiger charge is 2.36. The predicted octanol–water partition coefficient (Wildman–Crippen LogP) is 5.92. The number of nitrogens with zero attached hydrogens (tertiary/aromatic N) is 3. The smallest absolute Gasteiger partial charge is 0.247 e. The molecule has 198 valence electrons. The van der Waals surface area contributed by atoms with Gasteiger partial charge in [-0.2, -0.15) is 5.10 Å². The molecule has 0 aliphatic heterocycles. The molecule has 39 heavy (non-hydrogen) atoms. The maximum atomic E-state index is 13.4. The summed E-state index contributed by atoms with van der Waals surface area (Å²) in [4.78, 5) is 39.6. The Balaban J connectivity index is 1.27. The van der Waals surface area contributed by atoms with Gasteiger partial charge in [-0.15, -0.1) is 0 Å². The van der Waals surface area contributed by atoms with Gasteiger partial charge in [-0.3, -0.25) is 14.4 Å². The zero-order chi connectivity index (χ0) is 26.9. The molecule has 0 saturated carbocycles. The molecule has 6 rings (SSSR count). The number of aryl methyl sites for hydroxylation is 2. The second-order valence-corrected chi connectivity index (χ2v) is 10.6. The molecule has 0 bridgehead atoms. The van der Waals surface area contributed by atoms with Crippen molar-refractivity contribution in [3.8, 4) is 0 Å². The lowest BCUT2D eigenvalue weighted by Gasteiger charge is -2.23. The van der Waals surface area contributed by atoms with E-state index in [1.54, 1.807) is 0 Å². The zero-order valence-electron chi connectivity index (χ0n) is 22.1. The molecule has 2 unspecified atom stereocenters. The van der Waals surface area contributed by atoms with Gasteiger partial charge in [-0.25, -0.2) is 4.68 Å². The number of carbonyl (C=O) groups excluding carboxylic acids is 3. The average molecular weight is 522 g/mol. The van der Waals surface area contributed by atoms with E-state index >= 15 is 0 Å². The summed E-state index contributed by atoms with van der Waals surface area (Å²) in [6, 6.07) is 20.0. The quantitative estimate of drug-likeness (QED) is 0.300. The Kier molecular flexibility index (Phi) is 6.81. The summed E-state index contributed by atoms with van der Waals surface area (Å²) in [5.41, 5.74) is 5.28. The second kappa shape index (κ2) is 10.6. The third-order valence-electron chi connectivity index (χ3n) is 8.02. The van der Waals surface area contributed by atoms with Gasteiger partial charge < -0.3 is 4.52 Å². The largest absolute Gasteiger partial charge is 0.360 e. The fourth-order valence-corrected chi connectivity index (χ4v) is 6.12. The molecule has 0 radical (unpaired) electrons. The number of hydrogen-bond donors (Lipinski definition) is 0. The Morgan fingerprint density at radius 3 is 2.05 bits per heavy atom. The number of Topliss-reactive ketones (excluding diaryl/α,β-unsaturated/α-hetero) is 2. The minimum Gasteiger partial charge on any atom is -0.360 e. The van der Waals surface area contributed by atoms with E-state index in [0.29, 0.717) is 85.3 Å². The summed E-state index contributed by atoms with van der Waals surface area (Å²) in [5.74, 6) is 0.676. The average Bonchev–Trinajstić information content (AvgIpc) is 3.55. The van der Waals surface area contributed by atoms with Gasteiger partial charge in [0.1, 0.15) is 5.76 Å². The number of hydrogen-bond acceptors (Lipinski definition) is 6. The minimum absolute atomic E-state index is 0.0135. The molecule has 0 saturated heterocycles. The third-order valence-corrected chi connectivity index (χ3v) is 8.02. The molecule has 2 aromatic carbocycles. The van der Waals surface area contributed by atoms with Crippen LogP contribution in [-0.2, 0) is 25.7 Å². The van der Waals surface area contributed by atoms with Crippen LogP contribution in [0.25, 0.3) is 0 Å². The van der Waals surface area contributed by atoms with Crippen LogP contribution in [0.4, 0.5) is 0 Å². The Labute approximate surface area is 227 Å². The molecule has 0 fully saturated rings. The van der Waals surface area contributed by atoms with Crippen molar-refractivity contribution in [3.63, 3.8) is 0 Å². The SMILES string of the molecule is CCCC(=O)n1nc(CCc2noc3c2C(=O)CC(c2ccccc2)C3)c2c1CC(c1ccccc1)CC2=O. The highest BCUT2D eigenvalue weighted by Crippen LogP contribution is 2.37. The zero-order valence-corrected chi connectivity index (χ0v) is 22.1. The van der Waals surface area contributed by atoms with E-state index in [0.717, 1.165) is 11.1 Å². The van der Waals surface area contributed by atoms with Crippen molar-refractivity contribution < 1.29 is 18.9 Å². The third kappa shape index (κ3) is 4.78. The molecule has 0 amide bonds. The number of carbonyl (C=O) groups is 3. The van der Waals surface area contributed by atoms with Crippen molar-refractivity contribution in [2.75, 3.05) is 0 Å². The fourth-order valence-electron chi connectivity index (χ4n) is 6.12. The van der Waals surface area contributed by atoms with Gasteiger partial charge in [0, 0.05) is 25.7 Å². The molecule has 2 aromatic heterocycles. The Morgan fingerprint density at radius 2 is 1.41 bits per heavy atom. The summed E-state index contributed by atoms with van der Waals surface area (Å²) in [6.45, 7) is 1.96. The molecular formula is C32H31N3O4. The first-order valence-corrected chi connectivity index (χ1v) is 13.8. The summed E-state index contributed by atoms with van der Waals surface area (Å²) in [7, 11) is 0. The maximum Gasteiger partial charge on any atom is 0.247 e. The maximum absolute atomic E-state index is 13.4. The molecule has 4 aromatic rings. The van der Waals surface area contributed by atoms with E-state index in [2.05, 4.69) is 10.3 Å². The van der Waals surface area contributed by atoms with Crippen LogP contribution in [0.2, 0.25) is 0 Å². The molecule has 2 atom stereocenters. The van der Waals surface area contributed by atoms with Crippen LogP contribution < -0.4 is 0 Å². The molecule has 0 spiro atoms. The van der Waals surface area contributed by atoms with E-state index < -0.39 is 0 Å². The molecule has 7 nitrogen and oxygen atoms in total. The van der Waals surface area contributed by atoms with Crippen LogP contribution in [0.5, 0.6) is 0 Å². The van der Waals surface area contributed by atoms with Crippen LogP contribution >= 0.6 is 0 Å². The first-order valence-electron chi connectivity index (χ1n) is 13.8. The van der Waals surface area contributed by atoms with Gasteiger partial charge in [-0.05, 0) is 48.6 Å². The lowest BCUT2D eigenvalue weighted by molar-refractivity contribution is 0.0879. The Hall–Kier alpha value is -4.13. The van der Waals surface area contributed by atoms with Crippen molar-refractivity contribution in [1.82, 2.24) is 14.9 Å². The van der Waals surface area contributed by atoms with E-state index in [4.69, 9.17) is 4.52 Å². The molecule has 2 aliphatic rings. The number of rotatable bonds is 7. The van der Waals surface area contributed by atoms with Gasteiger partial charge in [0.15, 0.2) is 11.6 Å². The van der Waals surface area contributed by atoms with Crippen LogP contribution in [0.1, 0.15) is 104 Å². The highest BCUT2D eigenvalue weighted by molar-refractivity contribution is 6.01. The first kappa shape index (κ1) is 25.2. The Morgan fingerprint density at radius 1 is 0.821 bits per heavy atom. The summed E-state index contributed by atoms with van der Waals surface area (Å²) >= 11 is 0. The first-order chi connectivity index (χ1) is 19.0. The summed E-state index contributed by atoms with van der Waals surface area (Å²) in [5, 5.41) is 8.94. The van der Waals surface area contributed by atoms with Gasteiger partial charge in [0.2, 0.25) is 5.91 Å². The fraction of sp³-hybridized carbons (Fsp3) is 0.344. The lowest BCUT2D eigenvalue weighted by Crippen LogP contribution is -2.23. The van der Waals surface area contributed by atoms with Crippen LogP contribution in [0.15, 0.2) is 65.2 Å². The minimum atomic E-state index is -0.0949. The van der Waals surface area contributed by atoms with Gasteiger partial charge in [0.05, 0.1) is 28.2 Å². The molecular weight excluding hydrogens is 490 g/mol. The second-order valence-electron chi connectivity index (χ2n) is 10.6. The predicted molar refractivity (Wildman–Crippen MR) is 145 cm³/mol. The monoisotopic (exact) mass is 521 g/mol. The molecule has 2 heterocycles. The molecule has 2 aliphatic carbocycles. The van der Waals surface area contributed by atoms with E-state index in [-0.39, 0.29) is 29.3 Å².